The van der Waals surface area contributed by atoms with Crippen LogP contribution in [0.1, 0.15) is 29.1 Å². The topological polar surface area (TPSA) is 91.2 Å². The minimum Gasteiger partial charge on any atom is -0.389 e. The van der Waals surface area contributed by atoms with Gasteiger partial charge in [-0.15, -0.1) is 11.3 Å². The Morgan fingerprint density at radius 2 is 2.20 bits per heavy atom. The fourth-order valence-electron chi connectivity index (χ4n) is 2.74. The van der Waals surface area contributed by atoms with Gasteiger partial charge in [0.2, 0.25) is 5.95 Å². The summed E-state index contributed by atoms with van der Waals surface area (Å²) < 4.78 is 0.766. The number of nitrogens with zero attached hydrogens (tertiary/aromatic N) is 4. The molecule has 1 saturated heterocycles. The fraction of sp³-hybridized carbons (Fsp3) is 0.294. The van der Waals surface area contributed by atoms with Crippen LogP contribution in [0.4, 0.5) is 5.95 Å². The summed E-state index contributed by atoms with van der Waals surface area (Å²) in [4.78, 5) is 27.6. The van der Waals surface area contributed by atoms with E-state index in [-0.39, 0.29) is 11.9 Å². The van der Waals surface area contributed by atoms with Gasteiger partial charge in [0.15, 0.2) is 5.69 Å². The second kappa shape index (κ2) is 6.38. The first-order valence-electron chi connectivity index (χ1n) is 8.02. The third kappa shape index (κ3) is 3.06. The molecule has 1 fully saturated rings. The number of fused-ring (bicyclic) bond motifs is 1. The highest BCUT2D eigenvalue weighted by Gasteiger charge is 2.32. The molecular formula is C17H17N5O2S. The Morgan fingerprint density at radius 1 is 1.36 bits per heavy atom. The van der Waals surface area contributed by atoms with E-state index >= 15 is 0 Å². The molecule has 3 aromatic heterocycles. The van der Waals surface area contributed by atoms with Crippen molar-refractivity contribution in [2.24, 2.45) is 0 Å². The van der Waals surface area contributed by atoms with Crippen LogP contribution in [0.5, 0.6) is 0 Å². The SMILES string of the molecule is C[C@H](Nc1nc(C(=O)N2CC(O)C2)c2sccc2n1)c1ccccn1. The zero-order valence-corrected chi connectivity index (χ0v) is 14.4. The van der Waals surface area contributed by atoms with Gasteiger partial charge >= 0.3 is 0 Å². The summed E-state index contributed by atoms with van der Waals surface area (Å²) in [5.41, 5.74) is 1.98. The monoisotopic (exact) mass is 355 g/mol. The first-order valence-corrected chi connectivity index (χ1v) is 8.90. The molecule has 128 valence electrons. The second-order valence-corrected chi connectivity index (χ2v) is 6.93. The zero-order valence-electron chi connectivity index (χ0n) is 13.6. The van der Waals surface area contributed by atoms with Crippen molar-refractivity contribution in [2.75, 3.05) is 18.4 Å². The van der Waals surface area contributed by atoms with Gasteiger partial charge in [-0.1, -0.05) is 6.07 Å². The van der Waals surface area contributed by atoms with Crippen molar-refractivity contribution < 1.29 is 9.90 Å². The molecule has 0 saturated carbocycles. The summed E-state index contributed by atoms with van der Waals surface area (Å²) in [6.45, 7) is 2.67. The maximum atomic E-state index is 12.7. The number of aliphatic hydroxyl groups excluding tert-OH is 1. The molecule has 3 aromatic rings. The van der Waals surface area contributed by atoms with Crippen molar-refractivity contribution in [1.29, 1.82) is 0 Å². The van der Waals surface area contributed by atoms with E-state index < -0.39 is 6.10 Å². The highest BCUT2D eigenvalue weighted by molar-refractivity contribution is 7.17. The number of rotatable bonds is 4. The zero-order chi connectivity index (χ0) is 17.4. The molecule has 8 heteroatoms. The Labute approximate surface area is 148 Å². The number of hydrogen-bond donors (Lipinski definition) is 2. The molecule has 25 heavy (non-hydrogen) atoms. The summed E-state index contributed by atoms with van der Waals surface area (Å²) >= 11 is 1.44. The largest absolute Gasteiger partial charge is 0.389 e. The van der Waals surface area contributed by atoms with Crippen LogP contribution in [0.25, 0.3) is 10.2 Å². The average molecular weight is 355 g/mol. The van der Waals surface area contributed by atoms with Crippen LogP contribution in [0, 0.1) is 0 Å². The molecule has 1 aliphatic rings. The lowest BCUT2D eigenvalue weighted by molar-refractivity contribution is 0.00567. The number of anilines is 1. The number of amides is 1. The molecule has 2 N–H and O–H groups in total. The number of nitrogens with one attached hydrogen (secondary N) is 1. The highest BCUT2D eigenvalue weighted by Crippen LogP contribution is 2.27. The number of hydrogen-bond acceptors (Lipinski definition) is 7. The first kappa shape index (κ1) is 15.9. The third-order valence-electron chi connectivity index (χ3n) is 4.13. The summed E-state index contributed by atoms with van der Waals surface area (Å²) in [5.74, 6) is 0.224. The molecule has 0 radical (unpaired) electrons. The Morgan fingerprint density at radius 3 is 2.92 bits per heavy atom. The molecule has 0 bridgehead atoms. The van der Waals surface area contributed by atoms with Gasteiger partial charge in [0.1, 0.15) is 0 Å². The number of β-amino-alcohol motifs (C(OH)–C–C–N with tert-alkyl or cyclic N) is 1. The van der Waals surface area contributed by atoms with Crippen molar-refractivity contribution >= 4 is 33.4 Å². The summed E-state index contributed by atoms with van der Waals surface area (Å²) in [6, 6.07) is 7.50. The molecule has 1 atom stereocenters. The summed E-state index contributed by atoms with van der Waals surface area (Å²) in [6.07, 6.45) is 1.30. The molecule has 0 spiro atoms. The maximum Gasteiger partial charge on any atom is 0.274 e. The van der Waals surface area contributed by atoms with Gasteiger partial charge in [-0.2, -0.15) is 0 Å². The fourth-order valence-corrected chi connectivity index (χ4v) is 3.56. The number of pyridine rings is 1. The number of thiophene rings is 1. The van der Waals surface area contributed by atoms with E-state index in [4.69, 9.17) is 0 Å². The number of carbonyl (C=O) groups is 1. The lowest BCUT2D eigenvalue weighted by atomic mass is 10.1. The predicted octanol–water partition coefficient (Wildman–Crippen LogP) is 2.08. The second-order valence-electron chi connectivity index (χ2n) is 6.02. The first-order chi connectivity index (χ1) is 12.1. The molecule has 7 nitrogen and oxygen atoms in total. The van der Waals surface area contributed by atoms with Gasteiger partial charge in [-0.3, -0.25) is 9.78 Å². The predicted molar refractivity (Wildman–Crippen MR) is 95.6 cm³/mol. The highest BCUT2D eigenvalue weighted by atomic mass is 32.1. The van der Waals surface area contributed by atoms with Gasteiger partial charge in [0.25, 0.3) is 5.91 Å². The van der Waals surface area contributed by atoms with Crippen LogP contribution in [0.15, 0.2) is 35.8 Å². The van der Waals surface area contributed by atoms with Crippen LogP contribution in [-0.4, -0.2) is 50.1 Å². The van der Waals surface area contributed by atoms with Crippen molar-refractivity contribution in [3.8, 4) is 0 Å². The van der Waals surface area contributed by atoms with Crippen LogP contribution < -0.4 is 5.32 Å². The molecule has 1 amide bonds. The van der Waals surface area contributed by atoms with Crippen LogP contribution in [0.2, 0.25) is 0 Å². The van der Waals surface area contributed by atoms with E-state index in [0.717, 1.165) is 15.9 Å². The van der Waals surface area contributed by atoms with Crippen molar-refractivity contribution in [3.05, 3.63) is 47.2 Å². The standard InChI is InChI=1S/C17H17N5O2S/c1-10(12-4-2-3-6-18-12)19-17-20-13-5-7-25-15(13)14(21-17)16(24)22-8-11(23)9-22/h2-7,10-11,23H,8-9H2,1H3,(H,19,20,21)/t10-/m0/s1. The molecule has 4 heterocycles. The Bertz CT molecular complexity index is 908. The minimum absolute atomic E-state index is 0.0916. The lowest BCUT2D eigenvalue weighted by Gasteiger charge is -2.35. The smallest absolute Gasteiger partial charge is 0.274 e. The number of likely N-dealkylation sites (tertiary alicyclic amines) is 1. The molecule has 0 unspecified atom stereocenters. The van der Waals surface area contributed by atoms with Crippen molar-refractivity contribution in [1.82, 2.24) is 19.9 Å². The summed E-state index contributed by atoms with van der Waals surface area (Å²) in [5, 5.41) is 14.6. The normalized spacial score (nSPS) is 15.8. The van der Waals surface area contributed by atoms with Crippen molar-refractivity contribution in [3.63, 3.8) is 0 Å². The van der Waals surface area contributed by atoms with E-state index in [1.54, 1.807) is 11.1 Å². The molecular weight excluding hydrogens is 338 g/mol. The van der Waals surface area contributed by atoms with Gasteiger partial charge in [-0.05, 0) is 30.5 Å². The number of carbonyl (C=O) groups excluding carboxylic acids is 1. The Balaban J connectivity index is 1.65. The third-order valence-corrected chi connectivity index (χ3v) is 5.04. The van der Waals surface area contributed by atoms with Crippen LogP contribution in [0.3, 0.4) is 0 Å². The van der Waals surface area contributed by atoms with E-state index in [9.17, 15) is 9.90 Å². The molecule has 0 aromatic carbocycles. The lowest BCUT2D eigenvalue weighted by Crippen LogP contribution is -2.53. The van der Waals surface area contributed by atoms with E-state index in [0.29, 0.717) is 24.7 Å². The minimum atomic E-state index is -0.439. The van der Waals surface area contributed by atoms with E-state index in [1.807, 2.05) is 36.6 Å². The van der Waals surface area contributed by atoms with Gasteiger partial charge < -0.3 is 15.3 Å². The van der Waals surface area contributed by atoms with Crippen LogP contribution >= 0.6 is 11.3 Å². The van der Waals surface area contributed by atoms with Crippen LogP contribution in [-0.2, 0) is 0 Å². The van der Waals surface area contributed by atoms with E-state index in [2.05, 4.69) is 20.3 Å². The average Bonchev–Trinajstić information content (AvgIpc) is 3.07. The summed E-state index contributed by atoms with van der Waals surface area (Å²) in [7, 11) is 0. The Hall–Kier alpha value is -2.58. The van der Waals surface area contributed by atoms with Gasteiger partial charge in [0, 0.05) is 19.3 Å². The quantitative estimate of drug-likeness (QED) is 0.744. The molecule has 1 aliphatic heterocycles. The van der Waals surface area contributed by atoms with Gasteiger partial charge in [0.05, 0.1) is 28.1 Å². The van der Waals surface area contributed by atoms with Gasteiger partial charge in [-0.25, -0.2) is 9.97 Å². The maximum absolute atomic E-state index is 12.7. The molecule has 4 rings (SSSR count). The van der Waals surface area contributed by atoms with E-state index in [1.165, 1.54) is 11.3 Å². The van der Waals surface area contributed by atoms with Crippen molar-refractivity contribution in [2.45, 2.75) is 19.1 Å². The Kier molecular flexibility index (Phi) is 4.06. The number of aromatic nitrogens is 3. The number of aliphatic hydroxyl groups is 1. The molecule has 0 aliphatic carbocycles.